The van der Waals surface area contributed by atoms with Crippen molar-refractivity contribution in [3.05, 3.63) is 11.9 Å². The van der Waals surface area contributed by atoms with Gasteiger partial charge in [0.1, 0.15) is 0 Å². The van der Waals surface area contributed by atoms with Crippen LogP contribution < -0.4 is 11.3 Å². The fourth-order valence-corrected chi connectivity index (χ4v) is 1.18. The van der Waals surface area contributed by atoms with Crippen molar-refractivity contribution < 1.29 is 4.74 Å². The van der Waals surface area contributed by atoms with Gasteiger partial charge in [0.2, 0.25) is 0 Å². The predicted octanol–water partition coefficient (Wildman–Crippen LogP) is -0.311. The van der Waals surface area contributed by atoms with Gasteiger partial charge in [0.05, 0.1) is 36.3 Å². The lowest BCUT2D eigenvalue weighted by Gasteiger charge is -2.10. The molecule has 0 aliphatic carbocycles. The van der Waals surface area contributed by atoms with E-state index in [1.165, 1.54) is 0 Å². The van der Waals surface area contributed by atoms with E-state index in [1.54, 1.807) is 13.3 Å². The first-order valence-electron chi connectivity index (χ1n) is 3.11. The summed E-state index contributed by atoms with van der Waals surface area (Å²) in [5.74, 6) is 5.26. The van der Waals surface area contributed by atoms with E-state index in [4.69, 9.17) is 10.6 Å². The van der Waals surface area contributed by atoms with Gasteiger partial charge in [0, 0.05) is 7.11 Å². The third-order valence-electron chi connectivity index (χ3n) is 1.27. The molecule has 0 saturated carbocycles. The van der Waals surface area contributed by atoms with Crippen molar-refractivity contribution in [2.24, 2.45) is 5.84 Å². The minimum Gasteiger partial charge on any atom is -0.383 e. The Kier molecular flexibility index (Phi) is 3.37. The molecule has 0 aliphatic rings. The normalized spacial score (nSPS) is 13.3. The fourth-order valence-electron chi connectivity index (χ4n) is 0.711. The Hall–Kier alpha value is -0.560. The number of methoxy groups -OCH3 is 1. The molecule has 0 aliphatic heterocycles. The lowest BCUT2D eigenvalue weighted by atomic mass is 10.2. The number of nitrogens with two attached hydrogens (primary N) is 1. The molecule has 1 unspecified atom stereocenters. The summed E-state index contributed by atoms with van der Waals surface area (Å²) in [5, 5.41) is 0. The Labute approximate surface area is 68.9 Å². The third-order valence-corrected chi connectivity index (χ3v) is 1.76. The summed E-state index contributed by atoms with van der Waals surface area (Å²) in [6.45, 7) is 0.502. The highest BCUT2D eigenvalue weighted by molar-refractivity contribution is 6.99. The van der Waals surface area contributed by atoms with Crippen LogP contribution >= 0.6 is 11.7 Å². The van der Waals surface area contributed by atoms with E-state index in [0.717, 1.165) is 17.4 Å². The zero-order chi connectivity index (χ0) is 8.10. The van der Waals surface area contributed by atoms with Crippen LogP contribution in [0.5, 0.6) is 0 Å². The van der Waals surface area contributed by atoms with Gasteiger partial charge in [0.15, 0.2) is 0 Å². The molecule has 1 rings (SSSR count). The average molecular weight is 174 g/mol. The second kappa shape index (κ2) is 4.35. The van der Waals surface area contributed by atoms with Gasteiger partial charge in [-0.25, -0.2) is 5.43 Å². The first-order chi connectivity index (χ1) is 5.38. The second-order valence-corrected chi connectivity index (χ2v) is 2.56. The molecule has 6 heteroatoms. The molecule has 0 spiro atoms. The molecule has 1 aromatic heterocycles. The molecular formula is C5H10N4OS. The molecule has 3 N–H and O–H groups in total. The van der Waals surface area contributed by atoms with Crippen molar-refractivity contribution in [1.82, 2.24) is 14.2 Å². The summed E-state index contributed by atoms with van der Waals surface area (Å²) in [7, 11) is 1.62. The van der Waals surface area contributed by atoms with Gasteiger partial charge in [0.25, 0.3) is 0 Å². The zero-order valence-corrected chi connectivity index (χ0v) is 6.97. The molecule has 0 radical (unpaired) electrons. The highest BCUT2D eigenvalue weighted by Crippen LogP contribution is 2.08. The number of hydrogen-bond donors (Lipinski definition) is 2. The van der Waals surface area contributed by atoms with Crippen LogP contribution in [0.15, 0.2) is 6.20 Å². The van der Waals surface area contributed by atoms with E-state index in [1.807, 2.05) is 0 Å². The lowest BCUT2D eigenvalue weighted by Crippen LogP contribution is -2.31. The maximum absolute atomic E-state index is 5.26. The minimum atomic E-state index is -0.0567. The van der Waals surface area contributed by atoms with E-state index in [-0.39, 0.29) is 6.04 Å². The zero-order valence-electron chi connectivity index (χ0n) is 6.15. The summed E-state index contributed by atoms with van der Waals surface area (Å²) in [4.78, 5) is 0. The SMILES string of the molecule is COCC(NN)c1cnsn1. The molecule has 0 bridgehead atoms. The van der Waals surface area contributed by atoms with E-state index in [2.05, 4.69) is 14.2 Å². The summed E-state index contributed by atoms with van der Waals surface area (Å²) in [6, 6.07) is -0.0567. The standard InChI is InChI=1S/C5H10N4OS/c1-10-3-5(8-6)4-2-7-11-9-4/h2,5,8H,3,6H2,1H3. The number of aromatic nitrogens is 2. The Morgan fingerprint density at radius 2 is 2.73 bits per heavy atom. The summed E-state index contributed by atoms with van der Waals surface area (Å²) in [6.07, 6.45) is 1.67. The van der Waals surface area contributed by atoms with E-state index < -0.39 is 0 Å². The first kappa shape index (κ1) is 8.54. The molecule has 0 amide bonds. The molecule has 1 atom stereocenters. The molecule has 11 heavy (non-hydrogen) atoms. The van der Waals surface area contributed by atoms with Crippen LogP contribution in [-0.2, 0) is 4.74 Å². The van der Waals surface area contributed by atoms with Gasteiger partial charge in [-0.15, -0.1) is 0 Å². The number of nitrogens with zero attached hydrogens (tertiary/aromatic N) is 2. The van der Waals surface area contributed by atoms with Gasteiger partial charge in [-0.1, -0.05) is 0 Å². The van der Waals surface area contributed by atoms with Crippen LogP contribution in [0.4, 0.5) is 0 Å². The molecule has 62 valence electrons. The lowest BCUT2D eigenvalue weighted by molar-refractivity contribution is 0.166. The molecule has 5 nitrogen and oxygen atoms in total. The van der Waals surface area contributed by atoms with Crippen molar-refractivity contribution >= 4 is 11.7 Å². The molecule has 0 fully saturated rings. The van der Waals surface area contributed by atoms with E-state index in [9.17, 15) is 0 Å². The molecule has 0 aromatic carbocycles. The Balaban J connectivity index is 2.56. The van der Waals surface area contributed by atoms with Gasteiger partial charge in [-0.3, -0.25) is 5.84 Å². The number of hydrazine groups is 1. The van der Waals surface area contributed by atoms with Crippen LogP contribution in [0, 0.1) is 0 Å². The smallest absolute Gasteiger partial charge is 0.0949 e. The van der Waals surface area contributed by atoms with Crippen molar-refractivity contribution in [3.8, 4) is 0 Å². The summed E-state index contributed by atoms with van der Waals surface area (Å²) in [5.41, 5.74) is 3.40. The maximum Gasteiger partial charge on any atom is 0.0949 e. The van der Waals surface area contributed by atoms with Crippen LogP contribution in [0.2, 0.25) is 0 Å². The van der Waals surface area contributed by atoms with Crippen molar-refractivity contribution in [2.45, 2.75) is 6.04 Å². The number of nitrogens with one attached hydrogen (secondary N) is 1. The van der Waals surface area contributed by atoms with E-state index in [0.29, 0.717) is 6.61 Å². The average Bonchev–Trinajstić information content (AvgIpc) is 2.52. The van der Waals surface area contributed by atoms with E-state index >= 15 is 0 Å². The van der Waals surface area contributed by atoms with Crippen molar-refractivity contribution in [2.75, 3.05) is 13.7 Å². The Bertz CT molecular complexity index is 190. The molecule has 1 aromatic rings. The van der Waals surface area contributed by atoms with Gasteiger partial charge >= 0.3 is 0 Å². The largest absolute Gasteiger partial charge is 0.383 e. The van der Waals surface area contributed by atoms with Crippen molar-refractivity contribution in [1.29, 1.82) is 0 Å². The van der Waals surface area contributed by atoms with Crippen LogP contribution in [0.1, 0.15) is 11.7 Å². The monoisotopic (exact) mass is 174 g/mol. The molecule has 1 heterocycles. The summed E-state index contributed by atoms with van der Waals surface area (Å²) >= 11 is 1.16. The predicted molar refractivity (Wildman–Crippen MR) is 41.8 cm³/mol. The van der Waals surface area contributed by atoms with Crippen molar-refractivity contribution in [3.63, 3.8) is 0 Å². The second-order valence-electron chi connectivity index (χ2n) is 2.01. The van der Waals surface area contributed by atoms with Crippen LogP contribution in [-0.4, -0.2) is 22.5 Å². The molecular weight excluding hydrogens is 164 g/mol. The van der Waals surface area contributed by atoms with Gasteiger partial charge < -0.3 is 4.74 Å². The Morgan fingerprint density at radius 1 is 1.91 bits per heavy atom. The number of ether oxygens (including phenoxy) is 1. The van der Waals surface area contributed by atoms with Crippen LogP contribution in [0.25, 0.3) is 0 Å². The molecule has 0 saturated heterocycles. The first-order valence-corrected chi connectivity index (χ1v) is 3.84. The maximum atomic E-state index is 5.26. The fraction of sp³-hybridized carbons (Fsp3) is 0.600. The summed E-state index contributed by atoms with van der Waals surface area (Å²) < 4.78 is 12.8. The topological polar surface area (TPSA) is 73.1 Å². The number of rotatable bonds is 4. The van der Waals surface area contributed by atoms with Crippen LogP contribution in [0.3, 0.4) is 0 Å². The third kappa shape index (κ3) is 2.19. The Morgan fingerprint density at radius 3 is 3.18 bits per heavy atom. The minimum absolute atomic E-state index is 0.0567. The van der Waals surface area contributed by atoms with Gasteiger partial charge in [-0.2, -0.15) is 8.75 Å². The highest BCUT2D eigenvalue weighted by atomic mass is 32.1. The highest BCUT2D eigenvalue weighted by Gasteiger charge is 2.10. The van der Waals surface area contributed by atoms with Gasteiger partial charge in [-0.05, 0) is 0 Å². The number of hydrogen-bond acceptors (Lipinski definition) is 6. The quantitative estimate of drug-likeness (QED) is 0.484.